The highest BCUT2D eigenvalue weighted by atomic mass is 35.5. The van der Waals surface area contributed by atoms with Crippen molar-refractivity contribution in [1.29, 1.82) is 0 Å². The van der Waals surface area contributed by atoms with E-state index in [4.69, 9.17) is 20.9 Å². The average Bonchev–Trinajstić information content (AvgIpc) is 3.22. The van der Waals surface area contributed by atoms with Gasteiger partial charge in [0.2, 0.25) is 11.7 Å². The molecule has 0 saturated carbocycles. The molecule has 0 atom stereocenters. The van der Waals surface area contributed by atoms with E-state index in [0.717, 1.165) is 30.2 Å². The maximum Gasteiger partial charge on any atom is 0.228 e. The number of rotatable bonds is 8. The Morgan fingerprint density at radius 3 is 2.55 bits per heavy atom. The van der Waals surface area contributed by atoms with Crippen LogP contribution in [0.3, 0.4) is 0 Å². The molecule has 152 valence electrons. The maximum absolute atomic E-state index is 6.01. The van der Waals surface area contributed by atoms with E-state index in [1.807, 2.05) is 36.4 Å². The molecule has 0 radical (unpaired) electrons. The van der Waals surface area contributed by atoms with Gasteiger partial charge in [-0.25, -0.2) is 0 Å². The van der Waals surface area contributed by atoms with E-state index in [1.165, 1.54) is 5.56 Å². The van der Waals surface area contributed by atoms with Crippen LogP contribution in [0, 0.1) is 0 Å². The van der Waals surface area contributed by atoms with Gasteiger partial charge in [-0.15, -0.1) is 0 Å². The predicted molar refractivity (Wildman–Crippen MR) is 115 cm³/mol. The number of methoxy groups -OCH3 is 1. The largest absolute Gasteiger partial charge is 0.497 e. The van der Waals surface area contributed by atoms with Crippen molar-refractivity contribution in [2.45, 2.75) is 12.8 Å². The summed E-state index contributed by atoms with van der Waals surface area (Å²) in [7, 11) is 3.41. The highest BCUT2D eigenvalue weighted by Gasteiger charge is 2.09. The Morgan fingerprint density at radius 2 is 1.86 bits per heavy atom. The first kappa shape index (κ1) is 20.7. The third-order valence-electron chi connectivity index (χ3n) is 4.27. The standard InChI is InChI=1S/C21H24ClN5O2/c1-23-21(24-12-10-15-6-8-18(28-2)9-7-15)25-13-11-19-26-20(27-29-19)16-4-3-5-17(22)14-16/h3-9,14H,10-13H2,1-2H3,(H2,23,24,25). The molecule has 0 aliphatic heterocycles. The molecule has 0 spiro atoms. The van der Waals surface area contributed by atoms with Gasteiger partial charge in [0, 0.05) is 37.1 Å². The summed E-state index contributed by atoms with van der Waals surface area (Å²) in [5.41, 5.74) is 2.06. The molecule has 0 saturated heterocycles. The van der Waals surface area contributed by atoms with Crippen molar-refractivity contribution >= 4 is 17.6 Å². The molecule has 0 amide bonds. The zero-order valence-corrected chi connectivity index (χ0v) is 17.2. The number of aromatic nitrogens is 2. The van der Waals surface area contributed by atoms with Crippen LogP contribution in [0.4, 0.5) is 0 Å². The predicted octanol–water partition coefficient (Wildman–Crippen LogP) is 3.35. The Morgan fingerprint density at radius 1 is 1.10 bits per heavy atom. The Hall–Kier alpha value is -3.06. The zero-order valence-electron chi connectivity index (χ0n) is 16.5. The van der Waals surface area contributed by atoms with Crippen molar-refractivity contribution in [2.75, 3.05) is 27.2 Å². The summed E-state index contributed by atoms with van der Waals surface area (Å²) in [6.07, 6.45) is 1.48. The first-order valence-corrected chi connectivity index (χ1v) is 9.71. The molecule has 8 heteroatoms. The lowest BCUT2D eigenvalue weighted by Gasteiger charge is -2.11. The van der Waals surface area contributed by atoms with Gasteiger partial charge in [0.15, 0.2) is 5.96 Å². The molecule has 0 fully saturated rings. The van der Waals surface area contributed by atoms with Gasteiger partial charge in [0.05, 0.1) is 7.11 Å². The van der Waals surface area contributed by atoms with Crippen molar-refractivity contribution in [3.63, 3.8) is 0 Å². The SMILES string of the molecule is CN=C(NCCc1ccc(OC)cc1)NCCc1nc(-c2cccc(Cl)c2)no1. The number of nitrogens with one attached hydrogen (secondary N) is 2. The second-order valence-corrected chi connectivity index (χ2v) is 6.73. The van der Waals surface area contributed by atoms with Crippen molar-refractivity contribution in [1.82, 2.24) is 20.8 Å². The normalized spacial score (nSPS) is 11.3. The maximum atomic E-state index is 6.01. The van der Waals surface area contributed by atoms with Gasteiger partial charge >= 0.3 is 0 Å². The van der Waals surface area contributed by atoms with Gasteiger partial charge in [-0.2, -0.15) is 4.98 Å². The van der Waals surface area contributed by atoms with Gasteiger partial charge in [0.25, 0.3) is 0 Å². The van der Waals surface area contributed by atoms with Crippen LogP contribution in [0.5, 0.6) is 5.75 Å². The van der Waals surface area contributed by atoms with Crippen LogP contribution < -0.4 is 15.4 Å². The number of ether oxygens (including phenoxy) is 1. The minimum absolute atomic E-state index is 0.532. The molecular formula is C21H24ClN5O2. The molecule has 0 unspecified atom stereocenters. The number of guanidine groups is 1. The van der Waals surface area contributed by atoms with Crippen molar-refractivity contribution in [3.05, 3.63) is 65.0 Å². The second-order valence-electron chi connectivity index (χ2n) is 6.30. The zero-order chi connectivity index (χ0) is 20.5. The van der Waals surface area contributed by atoms with Gasteiger partial charge in [-0.05, 0) is 36.2 Å². The third-order valence-corrected chi connectivity index (χ3v) is 4.51. The molecule has 29 heavy (non-hydrogen) atoms. The molecule has 2 aromatic carbocycles. The minimum Gasteiger partial charge on any atom is -0.497 e. The van der Waals surface area contributed by atoms with Crippen LogP contribution in [0.15, 0.2) is 58.0 Å². The van der Waals surface area contributed by atoms with Crippen LogP contribution in [0.1, 0.15) is 11.5 Å². The Bertz CT molecular complexity index is 940. The number of halogens is 1. The average molecular weight is 414 g/mol. The van der Waals surface area contributed by atoms with Gasteiger partial charge in [-0.3, -0.25) is 4.99 Å². The number of hydrogen-bond donors (Lipinski definition) is 2. The van der Waals surface area contributed by atoms with E-state index in [1.54, 1.807) is 14.2 Å². The van der Waals surface area contributed by atoms with Gasteiger partial charge < -0.3 is 19.9 Å². The van der Waals surface area contributed by atoms with E-state index in [2.05, 4.69) is 37.9 Å². The van der Waals surface area contributed by atoms with Crippen LogP contribution in [-0.4, -0.2) is 43.3 Å². The van der Waals surface area contributed by atoms with Crippen LogP contribution in [0.2, 0.25) is 5.02 Å². The van der Waals surface area contributed by atoms with Gasteiger partial charge in [0.1, 0.15) is 5.75 Å². The molecular weight excluding hydrogens is 390 g/mol. The lowest BCUT2D eigenvalue weighted by atomic mass is 10.1. The highest BCUT2D eigenvalue weighted by molar-refractivity contribution is 6.30. The number of aliphatic imine (C=N–C) groups is 1. The van der Waals surface area contributed by atoms with Crippen molar-refractivity contribution in [2.24, 2.45) is 4.99 Å². The molecule has 1 aromatic heterocycles. The molecule has 1 heterocycles. The van der Waals surface area contributed by atoms with Crippen LogP contribution >= 0.6 is 11.6 Å². The number of nitrogens with zero attached hydrogens (tertiary/aromatic N) is 3. The van der Waals surface area contributed by atoms with E-state index in [0.29, 0.717) is 29.7 Å². The fourth-order valence-corrected chi connectivity index (χ4v) is 2.92. The summed E-state index contributed by atoms with van der Waals surface area (Å²) >= 11 is 6.01. The van der Waals surface area contributed by atoms with Crippen molar-refractivity contribution < 1.29 is 9.26 Å². The summed E-state index contributed by atoms with van der Waals surface area (Å²) in [4.78, 5) is 8.65. The van der Waals surface area contributed by atoms with E-state index in [9.17, 15) is 0 Å². The second kappa shape index (κ2) is 10.5. The number of hydrogen-bond acceptors (Lipinski definition) is 5. The van der Waals surface area contributed by atoms with E-state index >= 15 is 0 Å². The first-order chi connectivity index (χ1) is 14.2. The lowest BCUT2D eigenvalue weighted by Crippen LogP contribution is -2.39. The summed E-state index contributed by atoms with van der Waals surface area (Å²) in [6.45, 7) is 1.39. The van der Waals surface area contributed by atoms with E-state index in [-0.39, 0.29) is 0 Å². The Labute approximate surface area is 175 Å². The molecule has 3 rings (SSSR count). The Kier molecular flexibility index (Phi) is 7.47. The minimum atomic E-state index is 0.532. The quantitative estimate of drug-likeness (QED) is 0.435. The number of benzene rings is 2. The van der Waals surface area contributed by atoms with Crippen LogP contribution in [-0.2, 0) is 12.8 Å². The topological polar surface area (TPSA) is 84.6 Å². The third kappa shape index (κ3) is 6.22. The highest BCUT2D eigenvalue weighted by Crippen LogP contribution is 2.19. The van der Waals surface area contributed by atoms with E-state index < -0.39 is 0 Å². The molecule has 3 aromatic rings. The van der Waals surface area contributed by atoms with Crippen LogP contribution in [0.25, 0.3) is 11.4 Å². The monoisotopic (exact) mass is 413 g/mol. The summed E-state index contributed by atoms with van der Waals surface area (Å²) in [5, 5.41) is 11.2. The molecule has 0 bridgehead atoms. The fourth-order valence-electron chi connectivity index (χ4n) is 2.73. The summed E-state index contributed by atoms with van der Waals surface area (Å²) in [6, 6.07) is 15.4. The first-order valence-electron chi connectivity index (χ1n) is 9.34. The van der Waals surface area contributed by atoms with Gasteiger partial charge in [-0.1, -0.05) is 41.0 Å². The Balaban J connectivity index is 1.41. The molecule has 2 N–H and O–H groups in total. The molecule has 0 aliphatic carbocycles. The lowest BCUT2D eigenvalue weighted by molar-refractivity contribution is 0.378. The fraction of sp³-hybridized carbons (Fsp3) is 0.286. The smallest absolute Gasteiger partial charge is 0.228 e. The summed E-state index contributed by atoms with van der Waals surface area (Å²) < 4.78 is 10.5. The molecule has 7 nitrogen and oxygen atoms in total. The van der Waals surface area contributed by atoms with Crippen molar-refractivity contribution in [3.8, 4) is 17.1 Å². The summed E-state index contributed by atoms with van der Waals surface area (Å²) in [5.74, 6) is 2.68. The molecule has 0 aliphatic rings.